The molecule has 0 radical (unpaired) electrons. The molecule has 1 aliphatic rings. The summed E-state index contributed by atoms with van der Waals surface area (Å²) in [5, 5.41) is 22.0. The van der Waals surface area contributed by atoms with Gasteiger partial charge in [0, 0.05) is 30.4 Å². The van der Waals surface area contributed by atoms with Crippen molar-refractivity contribution in [2.45, 2.75) is 32.7 Å². The number of nitro benzene ring substituents is 1. The molecule has 2 aromatic heterocycles. The largest absolute Gasteiger partial charge is 0.419 e. The number of aryl methyl sites for hydroxylation is 1. The number of nitrogens with zero attached hydrogens (tertiary/aromatic N) is 5. The fraction of sp³-hybridized carbons (Fsp3) is 0.364. The van der Waals surface area contributed by atoms with Gasteiger partial charge in [0.15, 0.2) is 0 Å². The molecule has 1 N–H and O–H groups in total. The van der Waals surface area contributed by atoms with Crippen LogP contribution in [0.5, 0.6) is 0 Å². The Balaban J connectivity index is 1.42. The van der Waals surface area contributed by atoms with Gasteiger partial charge in [0.25, 0.3) is 5.69 Å². The summed E-state index contributed by atoms with van der Waals surface area (Å²) in [4.78, 5) is 29.6. The molecular formula is C22H24N6O4. The number of benzene rings is 1. The molecule has 1 amide bonds. The minimum absolute atomic E-state index is 0.000360. The maximum Gasteiger partial charge on any atom is 0.269 e. The average molecular weight is 436 g/mol. The molecule has 10 nitrogen and oxygen atoms in total. The topological polar surface area (TPSA) is 127 Å². The van der Waals surface area contributed by atoms with Gasteiger partial charge >= 0.3 is 0 Å². The summed E-state index contributed by atoms with van der Waals surface area (Å²) in [5.41, 5.74) is 1.54. The van der Waals surface area contributed by atoms with Crippen molar-refractivity contribution in [1.82, 2.24) is 20.1 Å². The van der Waals surface area contributed by atoms with E-state index in [1.165, 1.54) is 12.1 Å². The van der Waals surface area contributed by atoms with Gasteiger partial charge in [0.05, 0.1) is 16.9 Å². The summed E-state index contributed by atoms with van der Waals surface area (Å²) in [7, 11) is 0. The lowest BCUT2D eigenvalue weighted by Gasteiger charge is -2.34. The van der Waals surface area contributed by atoms with Crippen molar-refractivity contribution >= 4 is 17.4 Å². The normalized spacial score (nSPS) is 17.6. The third kappa shape index (κ3) is 4.65. The zero-order valence-corrected chi connectivity index (χ0v) is 17.9. The molecule has 0 saturated carbocycles. The lowest BCUT2D eigenvalue weighted by atomic mass is 9.96. The molecule has 3 heterocycles. The first kappa shape index (κ1) is 21.6. The first-order valence-electron chi connectivity index (χ1n) is 10.5. The van der Waals surface area contributed by atoms with E-state index in [1.807, 2.05) is 26.0 Å². The van der Waals surface area contributed by atoms with Crippen LogP contribution in [-0.2, 0) is 4.79 Å². The minimum atomic E-state index is -0.455. The molecule has 32 heavy (non-hydrogen) atoms. The number of pyridine rings is 1. The summed E-state index contributed by atoms with van der Waals surface area (Å²) >= 11 is 0. The number of rotatable bonds is 6. The molecule has 0 spiro atoms. The number of carbonyl (C=O) groups excluding carboxylic acids is 1. The number of non-ortho nitro benzene ring substituents is 1. The van der Waals surface area contributed by atoms with Gasteiger partial charge in [-0.15, -0.1) is 10.2 Å². The smallest absolute Gasteiger partial charge is 0.269 e. The number of amides is 1. The first-order valence-corrected chi connectivity index (χ1v) is 10.5. The Morgan fingerprint density at radius 1 is 1.28 bits per heavy atom. The summed E-state index contributed by atoms with van der Waals surface area (Å²) in [6, 6.07) is 9.56. The van der Waals surface area contributed by atoms with Gasteiger partial charge in [-0.1, -0.05) is 6.07 Å². The van der Waals surface area contributed by atoms with Gasteiger partial charge in [-0.25, -0.2) is 4.98 Å². The lowest BCUT2D eigenvalue weighted by molar-refractivity contribution is -0.384. The lowest BCUT2D eigenvalue weighted by Crippen LogP contribution is -2.42. The Morgan fingerprint density at radius 2 is 2.06 bits per heavy atom. The highest BCUT2D eigenvalue weighted by Crippen LogP contribution is 2.29. The van der Waals surface area contributed by atoms with Crippen LogP contribution < -0.4 is 5.32 Å². The third-order valence-electron chi connectivity index (χ3n) is 5.75. The third-order valence-corrected chi connectivity index (χ3v) is 5.75. The van der Waals surface area contributed by atoms with Crippen LogP contribution in [0.2, 0.25) is 0 Å². The van der Waals surface area contributed by atoms with Gasteiger partial charge in [-0.3, -0.25) is 19.8 Å². The fourth-order valence-electron chi connectivity index (χ4n) is 3.81. The van der Waals surface area contributed by atoms with E-state index in [2.05, 4.69) is 25.4 Å². The van der Waals surface area contributed by atoms with Crippen LogP contribution in [0.25, 0.3) is 11.5 Å². The van der Waals surface area contributed by atoms with Crippen molar-refractivity contribution in [3.63, 3.8) is 0 Å². The number of anilines is 1. The van der Waals surface area contributed by atoms with Crippen molar-refractivity contribution in [1.29, 1.82) is 0 Å². The Labute approximate surface area is 184 Å². The second-order valence-electron chi connectivity index (χ2n) is 7.92. The highest BCUT2D eigenvalue weighted by molar-refractivity contribution is 5.92. The maximum absolute atomic E-state index is 12.8. The average Bonchev–Trinajstić information content (AvgIpc) is 3.30. The van der Waals surface area contributed by atoms with Crippen LogP contribution in [0.1, 0.15) is 37.3 Å². The molecule has 1 fully saturated rings. The highest BCUT2D eigenvalue weighted by atomic mass is 16.6. The van der Waals surface area contributed by atoms with Crippen molar-refractivity contribution in [3.05, 3.63) is 64.2 Å². The Hall–Kier alpha value is -3.66. The summed E-state index contributed by atoms with van der Waals surface area (Å²) in [5.74, 6) is 1.14. The van der Waals surface area contributed by atoms with Crippen LogP contribution in [0.4, 0.5) is 11.5 Å². The van der Waals surface area contributed by atoms with E-state index in [0.717, 1.165) is 24.9 Å². The van der Waals surface area contributed by atoms with Gasteiger partial charge in [0.1, 0.15) is 5.82 Å². The molecule has 10 heteroatoms. The van der Waals surface area contributed by atoms with E-state index in [1.54, 1.807) is 18.3 Å². The second-order valence-corrected chi connectivity index (χ2v) is 7.92. The van der Waals surface area contributed by atoms with E-state index in [0.29, 0.717) is 29.7 Å². The highest BCUT2D eigenvalue weighted by Gasteiger charge is 2.31. The molecule has 166 valence electrons. The van der Waals surface area contributed by atoms with Crippen LogP contribution in [0.15, 0.2) is 47.0 Å². The van der Waals surface area contributed by atoms with Crippen molar-refractivity contribution in [2.75, 3.05) is 18.4 Å². The Kier molecular flexibility index (Phi) is 6.22. The molecule has 0 unspecified atom stereocenters. The van der Waals surface area contributed by atoms with E-state index in [4.69, 9.17) is 4.42 Å². The summed E-state index contributed by atoms with van der Waals surface area (Å²) < 4.78 is 5.85. The van der Waals surface area contributed by atoms with Crippen molar-refractivity contribution in [3.8, 4) is 11.5 Å². The summed E-state index contributed by atoms with van der Waals surface area (Å²) in [6.07, 6.45) is 3.35. The van der Waals surface area contributed by atoms with Gasteiger partial charge in [0.2, 0.25) is 17.7 Å². The number of carbonyl (C=O) groups is 1. The van der Waals surface area contributed by atoms with E-state index < -0.39 is 4.92 Å². The number of hydrogen-bond donors (Lipinski definition) is 1. The quantitative estimate of drug-likeness (QED) is 0.457. The predicted molar refractivity (Wildman–Crippen MR) is 117 cm³/mol. The van der Waals surface area contributed by atoms with Crippen molar-refractivity contribution < 1.29 is 14.1 Å². The molecule has 1 saturated heterocycles. The van der Waals surface area contributed by atoms with Crippen molar-refractivity contribution in [2.24, 2.45) is 5.92 Å². The Bertz CT molecular complexity index is 1110. The molecule has 4 rings (SSSR count). The zero-order chi connectivity index (χ0) is 22.7. The second kappa shape index (κ2) is 9.23. The van der Waals surface area contributed by atoms with Crippen LogP contribution >= 0.6 is 0 Å². The van der Waals surface area contributed by atoms with Gasteiger partial charge in [-0.05, 0) is 57.0 Å². The number of nitro groups is 1. The number of nitrogens with one attached hydrogen (secondary N) is 1. The number of piperidine rings is 1. The van der Waals surface area contributed by atoms with E-state index in [-0.39, 0.29) is 23.6 Å². The maximum atomic E-state index is 12.8. The minimum Gasteiger partial charge on any atom is -0.419 e. The van der Waals surface area contributed by atoms with Crippen LogP contribution in [-0.4, -0.2) is 44.0 Å². The summed E-state index contributed by atoms with van der Waals surface area (Å²) in [6.45, 7) is 5.28. The molecule has 0 bridgehead atoms. The van der Waals surface area contributed by atoms with Gasteiger partial charge in [-0.2, -0.15) is 0 Å². The van der Waals surface area contributed by atoms with E-state index >= 15 is 0 Å². The van der Waals surface area contributed by atoms with E-state index in [9.17, 15) is 14.9 Å². The molecule has 3 aromatic rings. The molecule has 1 aromatic carbocycles. The zero-order valence-electron chi connectivity index (χ0n) is 17.9. The molecule has 1 aliphatic heterocycles. The SMILES string of the molecule is Cc1cccnc1NC(=O)[C@H]1CCCN([C@H](C)c2nnc(-c3ccc([N+](=O)[O-])cc3)o2)C1. The molecule has 0 aliphatic carbocycles. The fourth-order valence-corrected chi connectivity index (χ4v) is 3.81. The predicted octanol–water partition coefficient (Wildman–Crippen LogP) is 3.76. The monoisotopic (exact) mass is 436 g/mol. The number of likely N-dealkylation sites (tertiary alicyclic amines) is 1. The first-order chi connectivity index (χ1) is 15.4. The van der Waals surface area contributed by atoms with Gasteiger partial charge < -0.3 is 9.73 Å². The molecular weight excluding hydrogens is 412 g/mol. The van der Waals surface area contributed by atoms with Crippen LogP contribution in [0.3, 0.4) is 0 Å². The van der Waals surface area contributed by atoms with Crippen LogP contribution in [0, 0.1) is 23.0 Å². The number of hydrogen-bond acceptors (Lipinski definition) is 8. The standard InChI is InChI=1S/C22H24N6O4/c1-14-5-3-11-23-19(14)24-20(29)17-6-4-12-27(13-17)15(2)21-25-26-22(32-21)16-7-9-18(10-8-16)28(30)31/h3,5,7-11,15,17H,4,6,12-13H2,1-2H3,(H,23,24,29)/t15-,17+/m1/s1. The molecule has 2 atom stereocenters. The number of aromatic nitrogens is 3. The Morgan fingerprint density at radius 3 is 2.78 bits per heavy atom.